The first kappa shape index (κ1) is 26.7. The minimum atomic E-state index is -0.201. The normalized spacial score (nSPS) is 10.8. The maximum atomic E-state index is 12.9. The molecule has 0 spiro atoms. The van der Waals surface area contributed by atoms with Crippen molar-refractivity contribution in [2.24, 2.45) is 0 Å². The van der Waals surface area contributed by atoms with E-state index in [1.807, 2.05) is 50.4 Å². The molecule has 0 atom stereocenters. The molecule has 2 aromatic carbocycles. The van der Waals surface area contributed by atoms with E-state index in [9.17, 15) is 9.59 Å². The molecule has 7 nitrogen and oxygen atoms in total. The summed E-state index contributed by atoms with van der Waals surface area (Å²) >= 11 is 0. The van der Waals surface area contributed by atoms with Gasteiger partial charge in [0.25, 0.3) is 5.91 Å². The Kier molecular flexibility index (Phi) is 8.90. The van der Waals surface area contributed by atoms with Crippen LogP contribution in [-0.4, -0.2) is 53.4 Å². The molecule has 8 heteroatoms. The van der Waals surface area contributed by atoms with Crippen LogP contribution in [0.1, 0.15) is 24.2 Å². The third-order valence-corrected chi connectivity index (χ3v) is 5.46. The number of benzene rings is 2. The molecule has 0 aliphatic carbocycles. The van der Waals surface area contributed by atoms with Gasteiger partial charge in [-0.3, -0.25) is 9.59 Å². The van der Waals surface area contributed by atoms with Crippen LogP contribution < -0.4 is 10.6 Å². The van der Waals surface area contributed by atoms with E-state index in [-0.39, 0.29) is 55.5 Å². The molecular weight excluding hydrogens is 664 g/mol. The molecule has 4 rings (SSSR count). The largest absolute Gasteiger partial charge is 0.355 e. The summed E-state index contributed by atoms with van der Waals surface area (Å²) in [4.78, 5) is 34.6. The second-order valence-electron chi connectivity index (χ2n) is 8.64. The Morgan fingerprint density at radius 3 is 2.60 bits per heavy atom. The van der Waals surface area contributed by atoms with Gasteiger partial charge in [0.2, 0.25) is 5.91 Å². The van der Waals surface area contributed by atoms with E-state index in [0.717, 1.165) is 33.3 Å². The standard InChI is InChI=1S/C27H28N5O2.U/c1-17(2)28-16-25(33)31-24-11-10-19(12-22(24)27(34)32(3)4)20-13-21-23(15-30-26(21)29-14-20)18-8-6-5-7-9-18;/h5-8,10-15,17,28H,16H2,1-4H3,(H,29,30)(H,31,33);/q-1;. The van der Waals surface area contributed by atoms with Crippen LogP contribution in [0.15, 0.2) is 60.9 Å². The number of aromatic nitrogens is 2. The van der Waals surface area contributed by atoms with Crippen molar-refractivity contribution in [1.82, 2.24) is 20.2 Å². The molecule has 0 saturated carbocycles. The summed E-state index contributed by atoms with van der Waals surface area (Å²) in [5, 5.41) is 6.92. The van der Waals surface area contributed by atoms with Gasteiger partial charge in [-0.15, -0.1) is 35.9 Å². The Bertz CT molecular complexity index is 1330. The third kappa shape index (κ3) is 6.21. The van der Waals surface area contributed by atoms with Crippen LogP contribution in [0.4, 0.5) is 5.69 Å². The monoisotopic (exact) mass is 692 g/mol. The number of nitrogens with one attached hydrogen (secondary N) is 3. The Morgan fingerprint density at radius 2 is 1.91 bits per heavy atom. The first-order chi connectivity index (χ1) is 16.3. The minimum absolute atomic E-state index is 0. The van der Waals surface area contributed by atoms with E-state index < -0.39 is 0 Å². The fraction of sp³-hybridized carbons (Fsp3) is 0.222. The van der Waals surface area contributed by atoms with E-state index in [0.29, 0.717) is 11.3 Å². The van der Waals surface area contributed by atoms with Crippen molar-refractivity contribution in [2.75, 3.05) is 26.0 Å². The zero-order valence-electron chi connectivity index (χ0n) is 20.3. The number of hydrogen-bond donors (Lipinski definition) is 3. The van der Waals surface area contributed by atoms with Crippen molar-refractivity contribution in [2.45, 2.75) is 19.9 Å². The van der Waals surface area contributed by atoms with Crippen LogP contribution in [0.2, 0.25) is 0 Å². The van der Waals surface area contributed by atoms with Crippen molar-refractivity contribution >= 4 is 28.5 Å². The van der Waals surface area contributed by atoms with Crippen LogP contribution in [0.25, 0.3) is 33.3 Å². The SMILES string of the molecule is CC(C)NCC(=O)Nc1ccc(-c2cnc3[nH]cc(-c4[c-]cccc4)c3c2)cc1C(=O)N(C)C.[U]. The van der Waals surface area contributed by atoms with Gasteiger partial charge in [-0.1, -0.05) is 31.5 Å². The number of nitrogens with zero attached hydrogens (tertiary/aromatic N) is 2. The Balaban J connectivity index is 0.00000342. The first-order valence-corrected chi connectivity index (χ1v) is 11.2. The number of aromatic amines is 1. The van der Waals surface area contributed by atoms with Crippen molar-refractivity contribution in [3.63, 3.8) is 0 Å². The summed E-state index contributed by atoms with van der Waals surface area (Å²) in [6.07, 6.45) is 3.71. The molecule has 0 radical (unpaired) electrons. The number of rotatable bonds is 7. The summed E-state index contributed by atoms with van der Waals surface area (Å²) in [7, 11) is 3.38. The van der Waals surface area contributed by atoms with Crippen molar-refractivity contribution < 1.29 is 40.7 Å². The average Bonchev–Trinajstić information content (AvgIpc) is 3.26. The number of pyridine rings is 1. The first-order valence-electron chi connectivity index (χ1n) is 11.2. The molecular formula is C27H28N5O2U-. The number of amides is 2. The maximum Gasteiger partial charge on any atom is 0.255 e. The van der Waals surface area contributed by atoms with Crippen molar-refractivity contribution in [3.8, 4) is 22.3 Å². The van der Waals surface area contributed by atoms with Gasteiger partial charge in [-0.05, 0) is 29.3 Å². The topological polar surface area (TPSA) is 90.1 Å². The Hall–Kier alpha value is -2.92. The number of fused-ring (bicyclic) bond motifs is 1. The third-order valence-electron chi connectivity index (χ3n) is 5.46. The maximum absolute atomic E-state index is 12.9. The fourth-order valence-corrected chi connectivity index (χ4v) is 3.69. The van der Waals surface area contributed by atoms with E-state index in [1.165, 1.54) is 4.90 Å². The molecule has 3 N–H and O–H groups in total. The van der Waals surface area contributed by atoms with Gasteiger partial charge in [0.1, 0.15) is 5.65 Å². The molecule has 2 amide bonds. The molecule has 0 saturated heterocycles. The molecule has 0 unspecified atom stereocenters. The van der Waals surface area contributed by atoms with Crippen LogP contribution in [-0.2, 0) is 4.79 Å². The van der Waals surface area contributed by atoms with Crippen molar-refractivity contribution in [3.05, 3.63) is 72.6 Å². The second kappa shape index (κ2) is 11.7. The fourth-order valence-electron chi connectivity index (χ4n) is 3.69. The molecule has 35 heavy (non-hydrogen) atoms. The predicted molar refractivity (Wildman–Crippen MR) is 136 cm³/mol. The number of H-pyrrole nitrogens is 1. The smallest absolute Gasteiger partial charge is 0.255 e. The summed E-state index contributed by atoms with van der Waals surface area (Å²) in [5.41, 5.74) is 5.38. The van der Waals surface area contributed by atoms with Crippen LogP contribution in [0, 0.1) is 37.2 Å². The Labute approximate surface area is 229 Å². The molecule has 0 fully saturated rings. The molecule has 2 aromatic heterocycles. The molecule has 4 aromatic rings. The zero-order chi connectivity index (χ0) is 24.2. The van der Waals surface area contributed by atoms with Gasteiger partial charge < -0.3 is 20.5 Å². The van der Waals surface area contributed by atoms with Gasteiger partial charge in [0.15, 0.2) is 0 Å². The van der Waals surface area contributed by atoms with Crippen molar-refractivity contribution in [1.29, 1.82) is 0 Å². The average molecular weight is 693 g/mol. The Morgan fingerprint density at radius 1 is 1.11 bits per heavy atom. The number of carbonyl (C=O) groups is 2. The second-order valence-corrected chi connectivity index (χ2v) is 8.64. The molecule has 178 valence electrons. The van der Waals surface area contributed by atoms with E-state index in [2.05, 4.69) is 32.7 Å². The van der Waals surface area contributed by atoms with E-state index in [4.69, 9.17) is 0 Å². The van der Waals surface area contributed by atoms with Gasteiger partial charge in [0, 0.05) is 63.0 Å². The number of anilines is 1. The van der Waals surface area contributed by atoms with Crippen LogP contribution >= 0.6 is 0 Å². The summed E-state index contributed by atoms with van der Waals surface area (Å²) in [6, 6.07) is 18.8. The van der Waals surface area contributed by atoms with Gasteiger partial charge >= 0.3 is 0 Å². The van der Waals surface area contributed by atoms with Gasteiger partial charge in [0.05, 0.1) is 17.8 Å². The van der Waals surface area contributed by atoms with Crippen LogP contribution in [0.5, 0.6) is 0 Å². The van der Waals surface area contributed by atoms with Crippen LogP contribution in [0.3, 0.4) is 0 Å². The minimum Gasteiger partial charge on any atom is -0.355 e. The van der Waals surface area contributed by atoms with Gasteiger partial charge in [-0.2, -0.15) is 0 Å². The molecule has 0 aliphatic heterocycles. The van der Waals surface area contributed by atoms with Gasteiger partial charge in [-0.25, -0.2) is 4.98 Å². The summed E-state index contributed by atoms with van der Waals surface area (Å²) < 4.78 is 0. The molecule has 0 aliphatic rings. The number of carbonyl (C=O) groups excluding carboxylic acids is 2. The summed E-state index contributed by atoms with van der Waals surface area (Å²) in [5.74, 6) is -0.391. The molecule has 0 bridgehead atoms. The summed E-state index contributed by atoms with van der Waals surface area (Å²) in [6.45, 7) is 4.11. The quantitative estimate of drug-likeness (QED) is 0.252. The predicted octanol–water partition coefficient (Wildman–Crippen LogP) is 4.34. The molecule has 2 heterocycles. The van der Waals surface area contributed by atoms with E-state index in [1.54, 1.807) is 32.4 Å². The number of hydrogen-bond acceptors (Lipinski definition) is 4. The zero-order valence-corrected chi connectivity index (χ0v) is 24.4. The van der Waals surface area contributed by atoms with E-state index >= 15 is 0 Å².